The van der Waals surface area contributed by atoms with Gasteiger partial charge in [0, 0.05) is 28.6 Å². The summed E-state index contributed by atoms with van der Waals surface area (Å²) in [7, 11) is 0. The SMILES string of the molecule is CC(=O)NCC(=O)Nc1cc(NC(=O)[C@H]2[C@H](c3cc(Cl)cc(Cl)c3)C2(Cl)Cl)ccc1Cl. The van der Waals surface area contributed by atoms with E-state index in [1.807, 2.05) is 0 Å². The normalized spacial score (nSPS) is 18.8. The summed E-state index contributed by atoms with van der Waals surface area (Å²) >= 11 is 30.9. The third kappa shape index (κ3) is 5.76. The van der Waals surface area contributed by atoms with Crippen molar-refractivity contribution < 1.29 is 14.4 Å². The summed E-state index contributed by atoms with van der Waals surface area (Å²) < 4.78 is -1.32. The van der Waals surface area contributed by atoms with Crippen LogP contribution in [-0.4, -0.2) is 28.6 Å². The van der Waals surface area contributed by atoms with Crippen LogP contribution in [0.25, 0.3) is 0 Å². The lowest BCUT2D eigenvalue weighted by Crippen LogP contribution is -2.31. The molecule has 0 saturated heterocycles. The molecule has 2 atom stereocenters. The molecule has 0 radical (unpaired) electrons. The van der Waals surface area contributed by atoms with Crippen LogP contribution in [0.4, 0.5) is 11.4 Å². The molecular formula is C20H16Cl5N3O3. The number of rotatable bonds is 6. The van der Waals surface area contributed by atoms with Crippen LogP contribution in [0.1, 0.15) is 18.4 Å². The maximum Gasteiger partial charge on any atom is 0.243 e. The number of alkyl halides is 2. The molecule has 3 N–H and O–H groups in total. The molecule has 6 nitrogen and oxygen atoms in total. The maximum atomic E-state index is 12.8. The lowest BCUT2D eigenvalue weighted by atomic mass is 10.1. The van der Waals surface area contributed by atoms with Gasteiger partial charge in [-0.3, -0.25) is 14.4 Å². The lowest BCUT2D eigenvalue weighted by Gasteiger charge is -2.11. The Labute approximate surface area is 203 Å². The van der Waals surface area contributed by atoms with Crippen molar-refractivity contribution in [1.29, 1.82) is 0 Å². The molecule has 1 saturated carbocycles. The average molecular weight is 524 g/mol. The molecule has 0 aromatic heterocycles. The number of carbonyl (C=O) groups excluding carboxylic acids is 3. The van der Waals surface area contributed by atoms with Crippen molar-refractivity contribution in [2.45, 2.75) is 17.2 Å². The van der Waals surface area contributed by atoms with Crippen molar-refractivity contribution in [3.8, 4) is 0 Å². The Bertz CT molecular complexity index is 1040. The van der Waals surface area contributed by atoms with Crippen molar-refractivity contribution in [1.82, 2.24) is 5.32 Å². The van der Waals surface area contributed by atoms with Crippen LogP contribution in [0.15, 0.2) is 36.4 Å². The molecule has 2 aromatic carbocycles. The van der Waals surface area contributed by atoms with Gasteiger partial charge in [-0.1, -0.05) is 34.8 Å². The first-order valence-corrected chi connectivity index (χ1v) is 10.9. The Morgan fingerprint density at radius 2 is 1.61 bits per heavy atom. The van der Waals surface area contributed by atoms with Crippen LogP contribution in [0.5, 0.6) is 0 Å². The highest BCUT2D eigenvalue weighted by atomic mass is 35.5. The van der Waals surface area contributed by atoms with Crippen molar-refractivity contribution in [2.24, 2.45) is 5.92 Å². The number of nitrogens with one attached hydrogen (secondary N) is 3. The molecule has 3 amide bonds. The summed E-state index contributed by atoms with van der Waals surface area (Å²) in [6, 6.07) is 9.47. The molecule has 0 heterocycles. The Hall–Kier alpha value is -1.70. The van der Waals surface area contributed by atoms with Gasteiger partial charge in [-0.15, -0.1) is 23.2 Å². The molecule has 0 bridgehead atoms. The summed E-state index contributed by atoms with van der Waals surface area (Å²) in [5, 5.41) is 8.76. The van der Waals surface area contributed by atoms with Gasteiger partial charge in [-0.05, 0) is 42.0 Å². The zero-order valence-corrected chi connectivity index (χ0v) is 19.7. The fraction of sp³-hybridized carbons (Fsp3) is 0.250. The first-order chi connectivity index (χ1) is 14.5. The molecule has 164 valence electrons. The second-order valence-corrected chi connectivity index (χ2v) is 9.70. The lowest BCUT2D eigenvalue weighted by molar-refractivity contribution is -0.122. The standard InChI is InChI=1S/C20H16Cl5N3O3/c1-9(29)26-8-16(30)28-15-7-13(2-3-14(15)23)27-19(31)18-17(20(18,24)25)10-4-11(21)6-12(22)5-10/h2-7,17-18H,8H2,1H3,(H,26,29)(H,27,31)(H,28,30)/t17-,18+/m0/s1. The number of carbonyl (C=O) groups is 3. The molecule has 11 heteroatoms. The largest absolute Gasteiger partial charge is 0.347 e. The van der Waals surface area contributed by atoms with Crippen molar-refractivity contribution >= 4 is 87.1 Å². The Balaban J connectivity index is 1.71. The third-order valence-electron chi connectivity index (χ3n) is 4.59. The van der Waals surface area contributed by atoms with E-state index < -0.39 is 28.0 Å². The molecule has 31 heavy (non-hydrogen) atoms. The van der Waals surface area contributed by atoms with Crippen molar-refractivity contribution in [2.75, 3.05) is 17.2 Å². The Morgan fingerprint density at radius 1 is 0.968 bits per heavy atom. The summed E-state index contributed by atoms with van der Waals surface area (Å²) in [5.41, 5.74) is 1.31. The van der Waals surface area contributed by atoms with Gasteiger partial charge >= 0.3 is 0 Å². The van der Waals surface area contributed by atoms with Crippen LogP contribution < -0.4 is 16.0 Å². The monoisotopic (exact) mass is 521 g/mol. The Kier molecular flexibility index (Phi) is 7.28. The van der Waals surface area contributed by atoms with E-state index in [0.29, 0.717) is 21.3 Å². The fourth-order valence-corrected chi connectivity index (χ4v) is 4.68. The minimum Gasteiger partial charge on any atom is -0.347 e. The summed E-state index contributed by atoms with van der Waals surface area (Å²) in [5.74, 6) is -2.45. The number of benzene rings is 2. The minimum atomic E-state index is -1.32. The van der Waals surface area contributed by atoms with Crippen LogP contribution in [0, 0.1) is 5.92 Å². The first-order valence-electron chi connectivity index (χ1n) is 8.97. The van der Waals surface area contributed by atoms with E-state index in [-0.39, 0.29) is 23.2 Å². The second kappa shape index (κ2) is 9.43. The number of amides is 3. The highest BCUT2D eigenvalue weighted by molar-refractivity contribution is 6.53. The number of hydrogen-bond acceptors (Lipinski definition) is 3. The second-order valence-electron chi connectivity index (χ2n) is 6.97. The molecule has 1 aliphatic carbocycles. The van der Waals surface area contributed by atoms with E-state index in [4.69, 9.17) is 58.0 Å². The molecule has 0 unspecified atom stereocenters. The van der Waals surface area contributed by atoms with Crippen LogP contribution in [0.3, 0.4) is 0 Å². The third-order valence-corrected chi connectivity index (χ3v) is 6.29. The highest BCUT2D eigenvalue weighted by Crippen LogP contribution is 2.65. The van der Waals surface area contributed by atoms with E-state index in [9.17, 15) is 14.4 Å². The summed E-state index contributed by atoms with van der Waals surface area (Å²) in [6.45, 7) is 1.09. The summed E-state index contributed by atoms with van der Waals surface area (Å²) in [4.78, 5) is 35.7. The van der Waals surface area contributed by atoms with Gasteiger partial charge < -0.3 is 16.0 Å². The smallest absolute Gasteiger partial charge is 0.243 e. The number of hydrogen-bond donors (Lipinski definition) is 3. The van der Waals surface area contributed by atoms with Gasteiger partial charge in [0.25, 0.3) is 0 Å². The molecular weight excluding hydrogens is 508 g/mol. The van der Waals surface area contributed by atoms with Gasteiger partial charge in [0.15, 0.2) is 0 Å². The predicted molar refractivity (Wildman–Crippen MR) is 125 cm³/mol. The molecule has 0 spiro atoms. The van der Waals surface area contributed by atoms with E-state index in [1.54, 1.807) is 24.3 Å². The van der Waals surface area contributed by atoms with Gasteiger partial charge in [0.2, 0.25) is 17.7 Å². The average Bonchev–Trinajstić information content (AvgIpc) is 3.24. The zero-order chi connectivity index (χ0) is 22.9. The molecule has 0 aliphatic heterocycles. The van der Waals surface area contributed by atoms with Crippen LogP contribution in [0.2, 0.25) is 15.1 Å². The predicted octanol–water partition coefficient (Wildman–Crippen LogP) is 5.25. The van der Waals surface area contributed by atoms with Crippen LogP contribution >= 0.6 is 58.0 Å². The quantitative estimate of drug-likeness (QED) is 0.452. The van der Waals surface area contributed by atoms with E-state index >= 15 is 0 Å². The highest BCUT2D eigenvalue weighted by Gasteiger charge is 2.67. The molecule has 3 rings (SSSR count). The van der Waals surface area contributed by atoms with E-state index in [0.717, 1.165) is 0 Å². The first kappa shape index (κ1) is 24.0. The zero-order valence-electron chi connectivity index (χ0n) is 15.9. The van der Waals surface area contributed by atoms with Gasteiger partial charge in [-0.25, -0.2) is 0 Å². The number of halogens is 5. The van der Waals surface area contributed by atoms with Gasteiger partial charge in [0.05, 0.1) is 23.2 Å². The fourth-order valence-electron chi connectivity index (χ4n) is 3.14. The minimum absolute atomic E-state index is 0.213. The van der Waals surface area contributed by atoms with E-state index in [1.165, 1.54) is 19.1 Å². The van der Waals surface area contributed by atoms with Crippen LogP contribution in [-0.2, 0) is 14.4 Å². The topological polar surface area (TPSA) is 87.3 Å². The van der Waals surface area contributed by atoms with Gasteiger partial charge in [0.1, 0.15) is 4.33 Å². The number of anilines is 2. The molecule has 2 aromatic rings. The van der Waals surface area contributed by atoms with E-state index in [2.05, 4.69) is 16.0 Å². The molecule has 1 aliphatic rings. The molecule has 1 fully saturated rings. The van der Waals surface area contributed by atoms with Crippen molar-refractivity contribution in [3.05, 3.63) is 57.0 Å². The van der Waals surface area contributed by atoms with Crippen molar-refractivity contribution in [3.63, 3.8) is 0 Å². The summed E-state index contributed by atoms with van der Waals surface area (Å²) in [6.07, 6.45) is 0. The van der Waals surface area contributed by atoms with Gasteiger partial charge in [-0.2, -0.15) is 0 Å². The Morgan fingerprint density at radius 3 is 2.23 bits per heavy atom. The maximum absolute atomic E-state index is 12.8.